The molecule has 36 heavy (non-hydrogen) atoms. The summed E-state index contributed by atoms with van der Waals surface area (Å²) in [4.78, 5) is 6.67. The van der Waals surface area contributed by atoms with Crippen molar-refractivity contribution in [2.45, 2.75) is 61.3 Å². The van der Waals surface area contributed by atoms with Gasteiger partial charge in [-0.1, -0.05) is 76.3 Å². The number of benzene rings is 1. The van der Waals surface area contributed by atoms with Crippen LogP contribution in [0.1, 0.15) is 61.3 Å². The highest BCUT2D eigenvalue weighted by atomic mass is 35.5. The van der Waals surface area contributed by atoms with Gasteiger partial charge in [0.25, 0.3) is 0 Å². The van der Waals surface area contributed by atoms with Crippen LogP contribution in [0, 0.1) is 0 Å². The van der Waals surface area contributed by atoms with Crippen LogP contribution in [0.15, 0.2) is 79.7 Å². The van der Waals surface area contributed by atoms with E-state index >= 15 is 0 Å². The zero-order valence-corrected chi connectivity index (χ0v) is 24.7. The largest absolute Gasteiger partial charge is 0.384 e. The van der Waals surface area contributed by atoms with Crippen LogP contribution in [0.3, 0.4) is 0 Å². The number of fused-ring (bicyclic) bond motifs is 1. The Morgan fingerprint density at radius 1 is 1.03 bits per heavy atom. The van der Waals surface area contributed by atoms with E-state index < -0.39 is 0 Å². The van der Waals surface area contributed by atoms with Gasteiger partial charge in [0.15, 0.2) is 0 Å². The number of hydrogen-bond acceptors (Lipinski definition) is 4. The maximum atomic E-state index is 6.05. The van der Waals surface area contributed by atoms with Crippen molar-refractivity contribution in [1.29, 1.82) is 0 Å². The van der Waals surface area contributed by atoms with Gasteiger partial charge in [-0.05, 0) is 64.4 Å². The molecule has 0 aliphatic carbocycles. The smallest absolute Gasteiger partial charge is 0.0737 e. The van der Waals surface area contributed by atoms with Gasteiger partial charge in [-0.15, -0.1) is 6.58 Å². The highest BCUT2D eigenvalue weighted by molar-refractivity contribution is 6.31. The van der Waals surface area contributed by atoms with Crippen molar-refractivity contribution in [2.24, 2.45) is 0 Å². The molecule has 0 unspecified atom stereocenters. The second kappa shape index (κ2) is 25.5. The Morgan fingerprint density at radius 2 is 1.69 bits per heavy atom. The molecule has 0 aliphatic heterocycles. The first-order valence-electron chi connectivity index (χ1n) is 13.3. The van der Waals surface area contributed by atoms with Crippen molar-refractivity contribution >= 4 is 28.2 Å². The molecule has 0 atom stereocenters. The second-order valence-electron chi connectivity index (χ2n) is 7.45. The fourth-order valence-corrected chi connectivity index (χ4v) is 3.19. The molecule has 202 valence electrons. The van der Waals surface area contributed by atoms with Crippen molar-refractivity contribution < 1.29 is 0 Å². The Kier molecular flexibility index (Phi) is 25.2. The highest BCUT2D eigenvalue weighted by Crippen LogP contribution is 2.24. The van der Waals surface area contributed by atoms with Crippen molar-refractivity contribution in [2.75, 3.05) is 38.0 Å². The molecule has 0 fully saturated rings. The van der Waals surface area contributed by atoms with Gasteiger partial charge in [0, 0.05) is 54.2 Å². The molecule has 4 nitrogen and oxygen atoms in total. The topological polar surface area (TPSA) is 40.2 Å². The molecular weight excluding hydrogens is 464 g/mol. The zero-order chi connectivity index (χ0) is 27.6. The summed E-state index contributed by atoms with van der Waals surface area (Å²) in [6, 6.07) is 7.85. The minimum atomic E-state index is 0.715. The van der Waals surface area contributed by atoms with Crippen molar-refractivity contribution in [3.05, 3.63) is 84.7 Å². The number of allylic oxidation sites excluding steroid dienone is 5. The van der Waals surface area contributed by atoms with Crippen molar-refractivity contribution in [1.82, 2.24) is 15.2 Å². The molecule has 0 aliphatic rings. The molecule has 5 heteroatoms. The Morgan fingerprint density at radius 3 is 2.33 bits per heavy atom. The first-order valence-corrected chi connectivity index (χ1v) is 13.7. The minimum Gasteiger partial charge on any atom is -0.384 e. The number of halogens is 1. The lowest BCUT2D eigenvalue weighted by Gasteiger charge is -2.23. The molecule has 1 aromatic heterocycles. The predicted octanol–water partition coefficient (Wildman–Crippen LogP) is 8.88. The number of rotatable bonds is 13. The first kappa shape index (κ1) is 35.6. The number of unbranched alkanes of at least 4 members (excludes halogenated alkanes) is 1. The van der Waals surface area contributed by atoms with Gasteiger partial charge < -0.3 is 15.5 Å². The third-order valence-corrected chi connectivity index (χ3v) is 4.90. The number of aromatic nitrogens is 1. The third kappa shape index (κ3) is 17.0. The SMILES string of the molecule is C=C(C)N(C/C=C\C=C/C)CCNCCCCNc1ccnc2cc(Cl)ccc12.C=CC.CC.CC. The second-order valence-corrected chi connectivity index (χ2v) is 7.88. The molecule has 2 rings (SSSR count). The first-order chi connectivity index (χ1) is 17.5. The Labute approximate surface area is 227 Å². The van der Waals surface area contributed by atoms with Crippen molar-refractivity contribution in [3.63, 3.8) is 0 Å². The number of nitrogens with zero attached hydrogens (tertiary/aromatic N) is 2. The maximum Gasteiger partial charge on any atom is 0.0737 e. The van der Waals surface area contributed by atoms with Gasteiger partial charge in [0.05, 0.1) is 5.52 Å². The lowest BCUT2D eigenvalue weighted by atomic mass is 10.2. The van der Waals surface area contributed by atoms with E-state index in [2.05, 4.69) is 52.8 Å². The summed E-state index contributed by atoms with van der Waals surface area (Å²) < 4.78 is 0. The summed E-state index contributed by atoms with van der Waals surface area (Å²) in [5.74, 6) is 0. The van der Waals surface area contributed by atoms with Crippen LogP contribution in [0.2, 0.25) is 5.02 Å². The van der Waals surface area contributed by atoms with Crippen LogP contribution in [0.5, 0.6) is 0 Å². The van der Waals surface area contributed by atoms with Crippen molar-refractivity contribution in [3.8, 4) is 0 Å². The summed E-state index contributed by atoms with van der Waals surface area (Å²) in [6.07, 6.45) is 14.1. The van der Waals surface area contributed by atoms with E-state index in [1.807, 2.05) is 84.2 Å². The van der Waals surface area contributed by atoms with E-state index in [-0.39, 0.29) is 0 Å². The summed E-state index contributed by atoms with van der Waals surface area (Å²) in [7, 11) is 0. The molecule has 0 bridgehead atoms. The molecule has 2 N–H and O–H groups in total. The van der Waals surface area contributed by atoms with Gasteiger partial charge in [0.1, 0.15) is 0 Å². The van der Waals surface area contributed by atoms with Gasteiger partial charge in [-0.3, -0.25) is 4.98 Å². The molecule has 1 heterocycles. The predicted molar refractivity (Wildman–Crippen MR) is 166 cm³/mol. The van der Waals surface area contributed by atoms with E-state index in [0.717, 1.165) is 67.9 Å². The van der Waals surface area contributed by atoms with Crippen LogP contribution >= 0.6 is 11.6 Å². The van der Waals surface area contributed by atoms with Crippen LogP contribution < -0.4 is 10.6 Å². The van der Waals surface area contributed by atoms with Gasteiger partial charge in [-0.2, -0.15) is 0 Å². The van der Waals surface area contributed by atoms with E-state index in [1.54, 1.807) is 6.08 Å². The quantitative estimate of drug-likeness (QED) is 0.159. The standard InChI is InChI=1S/C24H33ClN4.C3H6.2C2H6/c1-4-5-6-9-17-29(20(2)3)18-16-26-13-7-8-14-27-23-12-15-28-24-19-21(25)10-11-22(23)24;1-3-2;2*1-2/h4-6,9-12,15,19,26H,2,7-8,13-14,16-18H2,1,3H3,(H,27,28);3H,1H2,2H3;2*1-2H3/b5-4-,9-6-;;;. The Bertz CT molecular complexity index is 874. The molecule has 0 spiro atoms. The minimum absolute atomic E-state index is 0.715. The number of pyridine rings is 1. The van der Waals surface area contributed by atoms with Gasteiger partial charge >= 0.3 is 0 Å². The maximum absolute atomic E-state index is 6.05. The average Bonchev–Trinajstić information content (AvgIpc) is 2.89. The molecule has 0 radical (unpaired) electrons. The molecule has 2 aromatic rings. The van der Waals surface area contributed by atoms with Gasteiger partial charge in [0.2, 0.25) is 0 Å². The van der Waals surface area contributed by atoms with E-state index in [1.165, 1.54) is 0 Å². The molecule has 0 amide bonds. The fourth-order valence-electron chi connectivity index (χ4n) is 3.03. The Hall–Kier alpha value is -2.56. The normalized spacial score (nSPS) is 10.0. The molecule has 0 saturated heterocycles. The summed E-state index contributed by atoms with van der Waals surface area (Å²) in [5, 5.41) is 8.88. The van der Waals surface area contributed by atoms with Gasteiger partial charge in [-0.25, -0.2) is 0 Å². The lowest BCUT2D eigenvalue weighted by molar-refractivity contribution is 0.375. The van der Waals surface area contributed by atoms with Crippen LogP contribution in [0.25, 0.3) is 10.9 Å². The fraction of sp³-hybridized carbons (Fsp3) is 0.452. The van der Waals surface area contributed by atoms with E-state index in [9.17, 15) is 0 Å². The molecule has 0 saturated carbocycles. The van der Waals surface area contributed by atoms with E-state index in [0.29, 0.717) is 5.02 Å². The number of nitrogens with one attached hydrogen (secondary N) is 2. The molecular formula is C31H51ClN4. The van der Waals surface area contributed by atoms with Crippen LogP contribution in [0.4, 0.5) is 5.69 Å². The van der Waals surface area contributed by atoms with E-state index in [4.69, 9.17) is 11.6 Å². The summed E-state index contributed by atoms with van der Waals surface area (Å²) in [5.41, 5.74) is 3.14. The zero-order valence-electron chi connectivity index (χ0n) is 23.9. The third-order valence-electron chi connectivity index (χ3n) is 4.66. The average molecular weight is 515 g/mol. The summed E-state index contributed by atoms with van der Waals surface area (Å²) in [6.45, 7) is 26.2. The summed E-state index contributed by atoms with van der Waals surface area (Å²) >= 11 is 6.05. The number of hydrogen-bond donors (Lipinski definition) is 2. The van der Waals surface area contributed by atoms with Crippen LogP contribution in [-0.2, 0) is 0 Å². The van der Waals surface area contributed by atoms with Crippen LogP contribution in [-0.4, -0.2) is 42.6 Å². The molecule has 1 aromatic carbocycles. The Balaban J connectivity index is 0. The number of anilines is 1. The monoisotopic (exact) mass is 514 g/mol. The lowest BCUT2D eigenvalue weighted by Crippen LogP contribution is -2.31. The highest BCUT2D eigenvalue weighted by Gasteiger charge is 2.03.